The predicted molar refractivity (Wildman–Crippen MR) is 95.4 cm³/mol. The summed E-state index contributed by atoms with van der Waals surface area (Å²) in [4.78, 5) is 14.2. The molecular weight excluding hydrogens is 324 g/mol. The number of hydrogen-bond acceptors (Lipinski definition) is 3. The Kier molecular flexibility index (Phi) is 5.07. The maximum atomic E-state index is 12.4. The van der Waals surface area contributed by atoms with Gasteiger partial charge in [-0.25, -0.2) is 0 Å². The topological polar surface area (TPSA) is 55.6 Å². The van der Waals surface area contributed by atoms with Crippen LogP contribution in [0.5, 0.6) is 5.75 Å². The molecule has 0 radical (unpaired) electrons. The molecule has 1 amide bonds. The molecule has 0 unspecified atom stereocenters. The van der Waals surface area contributed by atoms with Crippen LogP contribution in [0.2, 0.25) is 5.02 Å². The number of carbonyl (C=O) groups excluding carboxylic acids is 1. The first-order chi connectivity index (χ1) is 11.5. The Balaban J connectivity index is 1.60. The minimum atomic E-state index is -0.0476. The number of benzene rings is 2. The minimum absolute atomic E-state index is 0.0106. The van der Waals surface area contributed by atoms with Gasteiger partial charge in [-0.2, -0.15) is 0 Å². The third-order valence-corrected chi connectivity index (χ3v) is 4.67. The van der Waals surface area contributed by atoms with E-state index in [4.69, 9.17) is 22.1 Å². The van der Waals surface area contributed by atoms with Gasteiger partial charge in [0, 0.05) is 30.1 Å². The molecule has 2 aromatic carbocycles. The third-order valence-electron chi connectivity index (χ3n) is 4.43. The molecule has 4 nitrogen and oxygen atoms in total. The van der Waals surface area contributed by atoms with Crippen molar-refractivity contribution in [3.05, 3.63) is 64.7 Å². The molecule has 5 heteroatoms. The molecule has 1 fully saturated rings. The number of rotatable bonds is 4. The predicted octanol–water partition coefficient (Wildman–Crippen LogP) is 2.98. The molecule has 2 atom stereocenters. The summed E-state index contributed by atoms with van der Waals surface area (Å²) in [6, 6.07) is 15.4. The highest BCUT2D eigenvalue weighted by Gasteiger charge is 2.33. The summed E-state index contributed by atoms with van der Waals surface area (Å²) in [7, 11) is 0. The van der Waals surface area contributed by atoms with Crippen LogP contribution in [0.25, 0.3) is 0 Å². The second-order valence-electron chi connectivity index (χ2n) is 6.18. The fraction of sp³-hybridized carbons (Fsp3) is 0.316. The summed E-state index contributed by atoms with van der Waals surface area (Å²) in [5.74, 6) is 0.807. The molecule has 126 valence electrons. The maximum Gasteiger partial charge on any atom is 0.260 e. The second-order valence-corrected chi connectivity index (χ2v) is 6.61. The second kappa shape index (κ2) is 7.24. The molecular formula is C19H21ClN2O2. The Morgan fingerprint density at radius 3 is 2.71 bits per heavy atom. The highest BCUT2D eigenvalue weighted by molar-refractivity contribution is 6.30. The number of carbonyl (C=O) groups is 1. The summed E-state index contributed by atoms with van der Waals surface area (Å²) < 4.78 is 5.65. The van der Waals surface area contributed by atoms with Gasteiger partial charge in [-0.15, -0.1) is 0 Å². The highest BCUT2D eigenvalue weighted by atomic mass is 35.5. The fourth-order valence-corrected chi connectivity index (χ4v) is 3.32. The van der Waals surface area contributed by atoms with Crippen molar-refractivity contribution < 1.29 is 9.53 Å². The van der Waals surface area contributed by atoms with E-state index in [1.807, 2.05) is 31.2 Å². The van der Waals surface area contributed by atoms with Gasteiger partial charge in [0.05, 0.1) is 0 Å². The molecule has 2 N–H and O–H groups in total. The lowest BCUT2D eigenvalue weighted by atomic mass is 9.95. The van der Waals surface area contributed by atoms with Gasteiger partial charge in [0.1, 0.15) is 5.75 Å². The van der Waals surface area contributed by atoms with Crippen LogP contribution in [-0.4, -0.2) is 36.5 Å². The Morgan fingerprint density at radius 1 is 1.25 bits per heavy atom. The molecule has 1 aliphatic rings. The van der Waals surface area contributed by atoms with Crippen LogP contribution in [0.3, 0.4) is 0 Å². The Bertz CT molecular complexity index is 721. The average Bonchev–Trinajstić information content (AvgIpc) is 2.96. The van der Waals surface area contributed by atoms with Gasteiger partial charge in [0.15, 0.2) is 6.61 Å². The van der Waals surface area contributed by atoms with E-state index in [0.717, 1.165) is 5.56 Å². The van der Waals surface area contributed by atoms with E-state index in [-0.39, 0.29) is 24.5 Å². The number of halogens is 1. The molecule has 1 heterocycles. The third kappa shape index (κ3) is 3.71. The van der Waals surface area contributed by atoms with Crippen molar-refractivity contribution >= 4 is 17.5 Å². The number of amides is 1. The van der Waals surface area contributed by atoms with Crippen molar-refractivity contribution in [2.24, 2.45) is 5.73 Å². The van der Waals surface area contributed by atoms with Crippen LogP contribution in [0.4, 0.5) is 0 Å². The first kappa shape index (κ1) is 16.8. The molecule has 0 aromatic heterocycles. The highest BCUT2D eigenvalue weighted by Crippen LogP contribution is 2.27. The lowest BCUT2D eigenvalue weighted by Crippen LogP contribution is -2.35. The van der Waals surface area contributed by atoms with Gasteiger partial charge in [-0.3, -0.25) is 4.79 Å². The number of nitrogens with two attached hydrogens (primary N) is 1. The van der Waals surface area contributed by atoms with Crippen LogP contribution in [0.15, 0.2) is 48.5 Å². The van der Waals surface area contributed by atoms with E-state index in [1.54, 1.807) is 17.0 Å². The number of ether oxygens (including phenoxy) is 1. The lowest BCUT2D eigenvalue weighted by molar-refractivity contribution is -0.132. The van der Waals surface area contributed by atoms with E-state index in [0.29, 0.717) is 23.9 Å². The molecule has 1 saturated heterocycles. The van der Waals surface area contributed by atoms with E-state index >= 15 is 0 Å². The van der Waals surface area contributed by atoms with E-state index in [2.05, 4.69) is 12.1 Å². The summed E-state index contributed by atoms with van der Waals surface area (Å²) in [5.41, 5.74) is 8.33. The molecule has 0 bridgehead atoms. The summed E-state index contributed by atoms with van der Waals surface area (Å²) in [5, 5.41) is 0.655. The quantitative estimate of drug-likeness (QED) is 0.927. The Labute approximate surface area is 147 Å². The van der Waals surface area contributed by atoms with Crippen molar-refractivity contribution in [3.8, 4) is 5.75 Å². The summed E-state index contributed by atoms with van der Waals surface area (Å²) >= 11 is 5.93. The van der Waals surface area contributed by atoms with E-state index in [1.165, 1.54) is 5.56 Å². The fourth-order valence-electron chi connectivity index (χ4n) is 3.09. The van der Waals surface area contributed by atoms with Crippen molar-refractivity contribution in [3.63, 3.8) is 0 Å². The zero-order valence-electron chi connectivity index (χ0n) is 13.6. The van der Waals surface area contributed by atoms with Crippen LogP contribution >= 0.6 is 11.6 Å². The monoisotopic (exact) mass is 344 g/mol. The Hall–Kier alpha value is -2.04. The van der Waals surface area contributed by atoms with E-state index in [9.17, 15) is 4.79 Å². The number of likely N-dealkylation sites (tertiary alicyclic amines) is 1. The zero-order valence-corrected chi connectivity index (χ0v) is 14.4. The van der Waals surface area contributed by atoms with E-state index < -0.39 is 0 Å². The Morgan fingerprint density at radius 2 is 2.00 bits per heavy atom. The van der Waals surface area contributed by atoms with Gasteiger partial charge >= 0.3 is 0 Å². The SMILES string of the molecule is Cc1cc(Cl)ccc1OCC(=O)N1C[C@@H](N)[C@H](c2ccccc2)C1. The number of aryl methyl sites for hydroxylation is 1. The summed E-state index contributed by atoms with van der Waals surface area (Å²) in [6.45, 7) is 3.11. The normalized spacial score (nSPS) is 20.2. The maximum absolute atomic E-state index is 12.4. The van der Waals surface area contributed by atoms with Gasteiger partial charge in [-0.05, 0) is 36.2 Å². The number of nitrogens with zero attached hydrogens (tertiary/aromatic N) is 1. The van der Waals surface area contributed by atoms with Crippen LogP contribution in [0, 0.1) is 6.92 Å². The van der Waals surface area contributed by atoms with Crippen molar-refractivity contribution in [1.82, 2.24) is 4.90 Å². The average molecular weight is 345 g/mol. The smallest absolute Gasteiger partial charge is 0.260 e. The van der Waals surface area contributed by atoms with Crippen molar-refractivity contribution in [1.29, 1.82) is 0 Å². The molecule has 0 spiro atoms. The molecule has 0 saturated carbocycles. The van der Waals surface area contributed by atoms with Crippen molar-refractivity contribution in [2.75, 3.05) is 19.7 Å². The lowest BCUT2D eigenvalue weighted by Gasteiger charge is -2.17. The van der Waals surface area contributed by atoms with Gasteiger partial charge in [0.2, 0.25) is 0 Å². The number of hydrogen-bond donors (Lipinski definition) is 1. The van der Waals surface area contributed by atoms with Crippen LogP contribution < -0.4 is 10.5 Å². The summed E-state index contributed by atoms with van der Waals surface area (Å²) in [6.07, 6.45) is 0. The molecule has 0 aliphatic carbocycles. The van der Waals surface area contributed by atoms with Crippen LogP contribution in [-0.2, 0) is 4.79 Å². The zero-order chi connectivity index (χ0) is 17.1. The minimum Gasteiger partial charge on any atom is -0.483 e. The first-order valence-corrected chi connectivity index (χ1v) is 8.39. The standard InChI is InChI=1S/C19H21ClN2O2/c1-13-9-15(20)7-8-18(13)24-12-19(23)22-10-16(17(21)11-22)14-5-3-2-4-6-14/h2-9,16-17H,10-12,21H2,1H3/t16-,17+/m0/s1. The van der Waals surface area contributed by atoms with Crippen molar-refractivity contribution in [2.45, 2.75) is 18.9 Å². The first-order valence-electron chi connectivity index (χ1n) is 8.02. The van der Waals surface area contributed by atoms with Gasteiger partial charge < -0.3 is 15.4 Å². The van der Waals surface area contributed by atoms with Crippen LogP contribution in [0.1, 0.15) is 17.0 Å². The molecule has 24 heavy (non-hydrogen) atoms. The molecule has 2 aromatic rings. The molecule has 3 rings (SSSR count). The largest absolute Gasteiger partial charge is 0.483 e. The van der Waals surface area contributed by atoms with Gasteiger partial charge in [-0.1, -0.05) is 41.9 Å². The molecule has 1 aliphatic heterocycles. The van der Waals surface area contributed by atoms with Gasteiger partial charge in [0.25, 0.3) is 5.91 Å².